The van der Waals surface area contributed by atoms with Gasteiger partial charge >= 0.3 is 5.97 Å². The minimum Gasteiger partial charge on any atom is -0.494 e. The number of benzene rings is 3. The Morgan fingerprint density at radius 2 is 1.78 bits per heavy atom. The van der Waals surface area contributed by atoms with E-state index in [1.807, 2.05) is 37.3 Å². The van der Waals surface area contributed by atoms with Crippen LogP contribution in [0.2, 0.25) is 5.02 Å². The zero-order valence-corrected chi connectivity index (χ0v) is 22.7. The van der Waals surface area contributed by atoms with E-state index in [1.54, 1.807) is 6.07 Å². The zero-order valence-electron chi connectivity index (χ0n) is 21.9. The van der Waals surface area contributed by atoms with Crippen LogP contribution in [0, 0.1) is 11.7 Å². The number of aliphatic carboxylic acids is 1. The van der Waals surface area contributed by atoms with Crippen molar-refractivity contribution in [1.29, 1.82) is 0 Å². The first-order valence-corrected chi connectivity index (χ1v) is 13.3. The molecule has 3 atom stereocenters. The lowest BCUT2D eigenvalue weighted by Gasteiger charge is -2.17. The molecule has 0 bridgehead atoms. The first-order valence-electron chi connectivity index (χ1n) is 12.9. The number of aliphatic hydroxyl groups excluding tert-OH is 1. The van der Waals surface area contributed by atoms with Crippen LogP contribution in [-0.2, 0) is 24.1 Å². The Morgan fingerprint density at radius 1 is 1.08 bits per heavy atom. The Bertz CT molecular complexity index is 1220. The number of fused-ring (bicyclic) bond motifs is 1. The van der Waals surface area contributed by atoms with Crippen LogP contribution in [0.15, 0.2) is 54.6 Å². The van der Waals surface area contributed by atoms with Gasteiger partial charge in [-0.05, 0) is 98.4 Å². The monoisotopic (exact) mass is 526 g/mol. The van der Waals surface area contributed by atoms with Gasteiger partial charge in [-0.15, -0.1) is 0 Å². The zero-order chi connectivity index (χ0) is 27.1. The molecule has 0 aliphatic heterocycles. The van der Waals surface area contributed by atoms with Crippen molar-refractivity contribution in [2.24, 2.45) is 5.92 Å². The molecular formula is C31H36ClFO4. The second kappa shape index (κ2) is 13.1. The highest BCUT2D eigenvalue weighted by Gasteiger charge is 2.27. The number of carboxylic acids is 1. The van der Waals surface area contributed by atoms with Crippen LogP contribution in [0.25, 0.3) is 11.1 Å². The molecule has 6 heteroatoms. The summed E-state index contributed by atoms with van der Waals surface area (Å²) in [5.74, 6) is -0.456. The van der Waals surface area contributed by atoms with Gasteiger partial charge in [0.1, 0.15) is 11.6 Å². The molecule has 3 aromatic carbocycles. The second-order valence-corrected chi connectivity index (χ2v) is 9.91. The molecule has 0 aromatic heterocycles. The molecule has 2 unspecified atom stereocenters. The van der Waals surface area contributed by atoms with Gasteiger partial charge in [-0.1, -0.05) is 54.9 Å². The van der Waals surface area contributed by atoms with Crippen LogP contribution in [0.4, 0.5) is 4.39 Å². The Hall–Kier alpha value is -2.89. The van der Waals surface area contributed by atoms with E-state index < -0.39 is 18.0 Å². The molecule has 0 fully saturated rings. The summed E-state index contributed by atoms with van der Waals surface area (Å²) in [5.41, 5.74) is 6.57. The quantitative estimate of drug-likeness (QED) is 0.319. The minimum absolute atomic E-state index is 0.163. The van der Waals surface area contributed by atoms with E-state index in [0.29, 0.717) is 18.1 Å². The number of ether oxygens (including phenoxy) is 1. The first-order chi connectivity index (χ1) is 17.7. The maximum Gasteiger partial charge on any atom is 0.308 e. The summed E-state index contributed by atoms with van der Waals surface area (Å²) >= 11 is 6.63. The van der Waals surface area contributed by atoms with E-state index in [0.717, 1.165) is 53.1 Å². The van der Waals surface area contributed by atoms with Crippen molar-refractivity contribution >= 4 is 17.6 Å². The fourth-order valence-electron chi connectivity index (χ4n) is 4.72. The third-order valence-electron chi connectivity index (χ3n) is 7.05. The molecule has 2 N–H and O–H groups in total. The molecule has 4 rings (SSSR count). The number of aryl methyl sites for hydroxylation is 1. The lowest BCUT2D eigenvalue weighted by Crippen LogP contribution is -2.21. The maximum atomic E-state index is 14.4. The van der Waals surface area contributed by atoms with Crippen molar-refractivity contribution in [2.45, 2.75) is 65.4 Å². The van der Waals surface area contributed by atoms with E-state index in [-0.39, 0.29) is 5.82 Å². The predicted octanol–water partition coefficient (Wildman–Crippen LogP) is 7.47. The molecule has 0 saturated heterocycles. The molecule has 1 aliphatic carbocycles. The highest BCUT2D eigenvalue weighted by atomic mass is 35.5. The smallest absolute Gasteiger partial charge is 0.308 e. The van der Waals surface area contributed by atoms with Gasteiger partial charge in [0.25, 0.3) is 0 Å². The summed E-state index contributed by atoms with van der Waals surface area (Å²) in [5, 5.41) is 17.6. The van der Waals surface area contributed by atoms with Crippen molar-refractivity contribution in [1.82, 2.24) is 0 Å². The van der Waals surface area contributed by atoms with Gasteiger partial charge in [0.15, 0.2) is 0 Å². The van der Waals surface area contributed by atoms with Gasteiger partial charge < -0.3 is 14.9 Å². The van der Waals surface area contributed by atoms with E-state index in [9.17, 15) is 9.18 Å². The van der Waals surface area contributed by atoms with Crippen molar-refractivity contribution in [2.75, 3.05) is 6.61 Å². The number of carbonyl (C=O) groups is 1. The molecule has 0 saturated carbocycles. The number of hydrogen-bond donors (Lipinski definition) is 2. The molecule has 37 heavy (non-hydrogen) atoms. The Morgan fingerprint density at radius 3 is 2.38 bits per heavy atom. The third kappa shape index (κ3) is 6.91. The minimum atomic E-state index is -0.958. The van der Waals surface area contributed by atoms with Gasteiger partial charge in [-0.25, -0.2) is 4.39 Å². The fraction of sp³-hybridized carbons (Fsp3) is 0.387. The standard InChI is InChI=1S/C26H26ClFO.C5H10O3/c1-3-17-15-24(27)19(16-26(17)29-4-2)14-18-12-13-22-20(18)9-7-10-21(22)23-8-5-6-11-25(23)28;1-3(4(2)6)5(7)8/h5-11,15-16,18H,3-4,12-14H2,1-2H3;3-4,6H,1-2H3,(H,7,8)/t18-;/m1./s1. The number of hydrogen-bond acceptors (Lipinski definition) is 3. The number of halogens is 2. The molecule has 4 nitrogen and oxygen atoms in total. The molecule has 1 aliphatic rings. The van der Waals surface area contributed by atoms with E-state index in [2.05, 4.69) is 19.1 Å². The molecule has 0 amide bonds. The SMILES string of the molecule is CC(O)C(C)C(=O)O.CCOc1cc(C[C@H]2CCc3c(-c4ccccc4F)cccc32)c(Cl)cc1CC. The van der Waals surface area contributed by atoms with Crippen LogP contribution in [0.3, 0.4) is 0 Å². The lowest BCUT2D eigenvalue weighted by atomic mass is 9.90. The van der Waals surface area contributed by atoms with Crippen molar-refractivity contribution in [3.8, 4) is 16.9 Å². The summed E-state index contributed by atoms with van der Waals surface area (Å²) in [6.07, 6.45) is 3.03. The maximum absolute atomic E-state index is 14.4. The Labute approximate surface area is 224 Å². The van der Waals surface area contributed by atoms with E-state index >= 15 is 0 Å². The van der Waals surface area contributed by atoms with Gasteiger partial charge in [0.05, 0.1) is 18.6 Å². The number of carboxylic acid groups (broad SMARTS) is 1. The fourth-order valence-corrected chi connectivity index (χ4v) is 4.98. The molecular weight excluding hydrogens is 491 g/mol. The molecule has 3 aromatic rings. The topological polar surface area (TPSA) is 66.8 Å². The first kappa shape index (κ1) is 28.7. The van der Waals surface area contributed by atoms with Crippen molar-refractivity contribution < 1.29 is 24.1 Å². The van der Waals surface area contributed by atoms with Crippen LogP contribution in [0.1, 0.15) is 62.3 Å². The van der Waals surface area contributed by atoms with Gasteiger partial charge in [-0.2, -0.15) is 0 Å². The number of rotatable bonds is 8. The highest BCUT2D eigenvalue weighted by molar-refractivity contribution is 6.31. The molecule has 0 radical (unpaired) electrons. The molecule has 198 valence electrons. The van der Waals surface area contributed by atoms with Crippen LogP contribution in [0.5, 0.6) is 5.75 Å². The summed E-state index contributed by atoms with van der Waals surface area (Å²) in [6.45, 7) is 7.69. The van der Waals surface area contributed by atoms with Crippen molar-refractivity contribution in [3.05, 3.63) is 87.7 Å². The summed E-state index contributed by atoms with van der Waals surface area (Å²) < 4.78 is 20.2. The van der Waals surface area contributed by atoms with Crippen LogP contribution in [-0.4, -0.2) is 28.9 Å². The summed E-state index contributed by atoms with van der Waals surface area (Å²) in [7, 11) is 0. The second-order valence-electron chi connectivity index (χ2n) is 9.50. The van der Waals surface area contributed by atoms with Crippen LogP contribution < -0.4 is 4.74 Å². The van der Waals surface area contributed by atoms with Gasteiger partial charge in [-0.3, -0.25) is 4.79 Å². The normalized spacial score (nSPS) is 15.8. The van der Waals surface area contributed by atoms with Gasteiger partial charge in [0.2, 0.25) is 0 Å². The lowest BCUT2D eigenvalue weighted by molar-refractivity contribution is -0.144. The highest BCUT2D eigenvalue weighted by Crippen LogP contribution is 2.42. The summed E-state index contributed by atoms with van der Waals surface area (Å²) in [6, 6.07) is 17.5. The van der Waals surface area contributed by atoms with E-state index in [4.69, 9.17) is 26.6 Å². The predicted molar refractivity (Wildman–Crippen MR) is 147 cm³/mol. The van der Waals surface area contributed by atoms with Crippen LogP contribution >= 0.6 is 11.6 Å². The average molecular weight is 527 g/mol. The van der Waals surface area contributed by atoms with Crippen molar-refractivity contribution in [3.63, 3.8) is 0 Å². The van der Waals surface area contributed by atoms with E-state index in [1.165, 1.54) is 31.0 Å². The molecule has 0 spiro atoms. The number of aliphatic hydroxyl groups is 1. The Balaban J connectivity index is 0.000000414. The largest absolute Gasteiger partial charge is 0.494 e. The average Bonchev–Trinajstić information content (AvgIpc) is 3.29. The summed E-state index contributed by atoms with van der Waals surface area (Å²) in [4.78, 5) is 9.98. The van der Waals surface area contributed by atoms with Gasteiger partial charge in [0, 0.05) is 10.6 Å². The Kier molecular flexibility index (Phi) is 10.1. The molecule has 0 heterocycles. The third-order valence-corrected chi connectivity index (χ3v) is 7.40.